The molecule has 282 valence electrons. The number of carboxylic acids is 1. The van der Waals surface area contributed by atoms with E-state index < -0.39 is 29.4 Å². The van der Waals surface area contributed by atoms with Gasteiger partial charge >= 0.3 is 11.9 Å². The van der Waals surface area contributed by atoms with E-state index >= 15 is 0 Å². The van der Waals surface area contributed by atoms with E-state index in [9.17, 15) is 19.2 Å². The van der Waals surface area contributed by atoms with Crippen molar-refractivity contribution in [1.82, 2.24) is 10.6 Å². The van der Waals surface area contributed by atoms with Gasteiger partial charge in [-0.2, -0.15) is 0 Å². The number of carboxylic acid groups (broad SMARTS) is 1. The molecule has 2 aromatic rings. The largest absolute Gasteiger partial charge is 0.495 e. The predicted molar refractivity (Wildman–Crippen MR) is 209 cm³/mol. The van der Waals surface area contributed by atoms with Crippen LogP contribution in [0.5, 0.6) is 5.75 Å². The second-order valence-electron chi connectivity index (χ2n) is 12.6. The van der Waals surface area contributed by atoms with Gasteiger partial charge in [0.15, 0.2) is 6.10 Å². The van der Waals surface area contributed by atoms with Crippen LogP contribution in [0.2, 0.25) is 5.02 Å². The highest BCUT2D eigenvalue weighted by atomic mass is 35.5. The third-order valence-electron chi connectivity index (χ3n) is 7.21. The third kappa shape index (κ3) is 23.3. The van der Waals surface area contributed by atoms with Gasteiger partial charge in [-0.05, 0) is 94.1 Å². The normalized spacial score (nSPS) is 12.3. The molecule has 2 amide bonds. The summed E-state index contributed by atoms with van der Waals surface area (Å²) in [7, 11) is 4.62. The summed E-state index contributed by atoms with van der Waals surface area (Å²) in [5.41, 5.74) is 2.19. The number of esters is 1. The number of methoxy groups -OCH3 is 1. The molecule has 0 aromatic heterocycles. The van der Waals surface area contributed by atoms with Gasteiger partial charge in [0.2, 0.25) is 12.3 Å². The number of carbonyl (C=O) groups excluding carboxylic acids is 3. The van der Waals surface area contributed by atoms with E-state index in [1.54, 1.807) is 7.11 Å². The lowest BCUT2D eigenvalue weighted by molar-refractivity contribution is -0.171. The van der Waals surface area contributed by atoms with Gasteiger partial charge in [-0.1, -0.05) is 80.9 Å². The summed E-state index contributed by atoms with van der Waals surface area (Å²) in [6.45, 7) is 12.9. The van der Waals surface area contributed by atoms with Crippen LogP contribution in [0.4, 0.5) is 0 Å². The Kier molecular flexibility index (Phi) is 28.0. The zero-order chi connectivity index (χ0) is 38.7. The lowest BCUT2D eigenvalue weighted by atomic mass is 9.93. The highest BCUT2D eigenvalue weighted by Gasteiger charge is 2.34. The van der Waals surface area contributed by atoms with Crippen LogP contribution in [0.15, 0.2) is 60.7 Å². The van der Waals surface area contributed by atoms with E-state index in [0.717, 1.165) is 17.2 Å². The van der Waals surface area contributed by atoms with Crippen LogP contribution in [-0.2, 0) is 30.3 Å². The van der Waals surface area contributed by atoms with Crippen LogP contribution >= 0.6 is 32.4 Å². The van der Waals surface area contributed by atoms with Gasteiger partial charge in [-0.3, -0.25) is 14.4 Å². The van der Waals surface area contributed by atoms with Crippen molar-refractivity contribution in [3.63, 3.8) is 0 Å². The summed E-state index contributed by atoms with van der Waals surface area (Å²) >= 11 is 10.4. The van der Waals surface area contributed by atoms with Gasteiger partial charge in [0.05, 0.1) is 24.1 Å². The first-order valence-corrected chi connectivity index (χ1v) is 18.3. The number of benzene rings is 2. The fraction of sp³-hybridized carbons (Fsp3) is 0.526. The molecule has 0 aliphatic rings. The van der Waals surface area contributed by atoms with Crippen molar-refractivity contribution < 1.29 is 33.8 Å². The maximum absolute atomic E-state index is 12.1. The quantitative estimate of drug-likeness (QED) is 0.0492. The molecule has 4 unspecified atom stereocenters. The van der Waals surface area contributed by atoms with Gasteiger partial charge in [0, 0.05) is 12.9 Å². The van der Waals surface area contributed by atoms with Crippen LogP contribution in [0.3, 0.4) is 0 Å². The van der Waals surface area contributed by atoms with E-state index in [0.29, 0.717) is 17.1 Å². The Morgan fingerprint density at radius 3 is 2.18 bits per heavy atom. The summed E-state index contributed by atoms with van der Waals surface area (Å²) in [5.74, 6) is -0.800. The Hall–Kier alpha value is -3.13. The molecule has 4 atom stereocenters. The summed E-state index contributed by atoms with van der Waals surface area (Å²) < 4.78 is 10.0. The standard InChI is InChI=1S/C15H23P.C14H24N2O6.C8H9ClO.CH3Cl/c1-3-4-6-9-13(2)15(16)12-14-10-7-5-8-11-14;1-9(2)5-10(12(19)20)22-13(21)14(3,4)7-16-11(18)6-15-8-17;1-6-3-4-8(10-2)7(9)5-6;1-2/h3-5,7-8,10-11,13,15H,6,9,12,16H2,1-2H3;8-10H,5-7H2,1-4H3,(H,15,17)(H,16,18)(H,19,20);3-5H,1-2H3;1H3/b4-3+;;;. The first-order chi connectivity index (χ1) is 23.6. The van der Waals surface area contributed by atoms with Crippen molar-refractivity contribution in [3.05, 3.63) is 76.8 Å². The van der Waals surface area contributed by atoms with Crippen molar-refractivity contribution >= 4 is 56.7 Å². The smallest absolute Gasteiger partial charge is 0.345 e. The maximum atomic E-state index is 12.1. The second kappa shape index (κ2) is 28.6. The van der Waals surface area contributed by atoms with Crippen LogP contribution in [0, 0.1) is 24.2 Å². The molecule has 0 aliphatic carbocycles. The molecule has 3 N–H and O–H groups in total. The number of aliphatic carboxylic acids is 1. The van der Waals surface area contributed by atoms with E-state index in [2.05, 4.69) is 87.8 Å². The molecule has 0 radical (unpaired) electrons. The molecule has 2 aromatic carbocycles. The SMILES string of the molecule is C/C=C/CCC(C)C(P)Cc1ccccc1.CC(C)CC(OC(=O)C(C)(C)CNC(=O)CNC=O)C(=O)O.CCl.COc1ccc(C)cc1Cl. The fourth-order valence-corrected chi connectivity index (χ4v) is 4.88. The minimum atomic E-state index is -1.21. The van der Waals surface area contributed by atoms with Gasteiger partial charge in [-0.25, -0.2) is 4.79 Å². The zero-order valence-corrected chi connectivity index (χ0v) is 33.8. The topological polar surface area (TPSA) is 131 Å². The first kappa shape index (κ1) is 49.0. The number of ether oxygens (including phenoxy) is 2. The first-order valence-electron chi connectivity index (χ1n) is 16.5. The lowest BCUT2D eigenvalue weighted by Gasteiger charge is -2.25. The molecule has 0 saturated carbocycles. The van der Waals surface area contributed by atoms with E-state index in [1.807, 2.05) is 39.0 Å². The molecule has 12 heteroatoms. The molecule has 0 saturated heterocycles. The van der Waals surface area contributed by atoms with Crippen LogP contribution in [-0.4, -0.2) is 67.7 Å². The molecule has 0 aliphatic heterocycles. The highest BCUT2D eigenvalue weighted by molar-refractivity contribution is 7.17. The van der Waals surface area contributed by atoms with Gasteiger partial charge in [-0.15, -0.1) is 20.8 Å². The molecule has 9 nitrogen and oxygen atoms in total. The van der Waals surface area contributed by atoms with Crippen molar-refractivity contribution in [2.45, 2.75) is 85.9 Å². The number of rotatable bonds is 17. The minimum absolute atomic E-state index is 0.0286. The molecule has 0 heterocycles. The maximum Gasteiger partial charge on any atom is 0.345 e. The van der Waals surface area contributed by atoms with Gasteiger partial charge < -0.3 is 25.2 Å². The predicted octanol–water partition coefficient (Wildman–Crippen LogP) is 7.89. The van der Waals surface area contributed by atoms with Crippen molar-refractivity contribution in [3.8, 4) is 5.75 Å². The molecular weight excluding hydrogens is 698 g/mol. The number of carbonyl (C=O) groups is 4. The van der Waals surface area contributed by atoms with Crippen molar-refractivity contribution in [1.29, 1.82) is 0 Å². The average molecular weight is 758 g/mol. The molecule has 0 fully saturated rings. The minimum Gasteiger partial charge on any atom is -0.495 e. The van der Waals surface area contributed by atoms with E-state index in [-0.39, 0.29) is 25.4 Å². The van der Waals surface area contributed by atoms with Gasteiger partial charge in [0.1, 0.15) is 5.75 Å². The summed E-state index contributed by atoms with van der Waals surface area (Å²) in [6, 6.07) is 16.5. The molecule has 0 bridgehead atoms. The molecule has 0 spiro atoms. The molecular formula is C38H59Cl2N2O7P. The molecule has 2 rings (SSSR count). The second-order valence-corrected chi connectivity index (χ2v) is 13.9. The Balaban J connectivity index is 0. The fourth-order valence-electron chi connectivity index (χ4n) is 4.10. The Labute approximate surface area is 312 Å². The van der Waals surface area contributed by atoms with E-state index in [1.165, 1.54) is 45.1 Å². The number of alkyl halides is 1. The Bertz CT molecular complexity index is 1280. The number of nitrogens with one attached hydrogen (secondary N) is 2. The summed E-state index contributed by atoms with van der Waals surface area (Å²) in [4.78, 5) is 44.6. The van der Waals surface area contributed by atoms with E-state index in [4.69, 9.17) is 26.2 Å². The van der Waals surface area contributed by atoms with Crippen LogP contribution < -0.4 is 15.4 Å². The lowest BCUT2D eigenvalue weighted by Crippen LogP contribution is -2.44. The summed E-state index contributed by atoms with van der Waals surface area (Å²) in [6.07, 6.45) is 8.93. The Morgan fingerprint density at radius 2 is 1.68 bits per heavy atom. The molecule has 50 heavy (non-hydrogen) atoms. The number of halogens is 2. The zero-order valence-electron chi connectivity index (χ0n) is 31.1. The van der Waals surface area contributed by atoms with Crippen molar-refractivity contribution in [2.75, 3.05) is 26.6 Å². The van der Waals surface area contributed by atoms with Crippen LogP contribution in [0.25, 0.3) is 0 Å². The number of hydrogen-bond acceptors (Lipinski definition) is 6. The highest BCUT2D eigenvalue weighted by Crippen LogP contribution is 2.24. The average Bonchev–Trinajstić information content (AvgIpc) is 3.08. The number of hydrogen-bond donors (Lipinski definition) is 3. The third-order valence-corrected chi connectivity index (χ3v) is 8.40. The van der Waals surface area contributed by atoms with Crippen molar-refractivity contribution in [2.24, 2.45) is 17.3 Å². The van der Waals surface area contributed by atoms with Gasteiger partial charge in [0.25, 0.3) is 0 Å². The number of amides is 2. The number of aryl methyl sites for hydroxylation is 1. The monoisotopic (exact) mass is 756 g/mol. The van der Waals surface area contributed by atoms with Crippen LogP contribution in [0.1, 0.15) is 71.9 Å². The summed E-state index contributed by atoms with van der Waals surface area (Å²) in [5, 5.41) is 14.4. The number of allylic oxidation sites excluding steroid dienone is 2. The Morgan fingerprint density at radius 1 is 1.06 bits per heavy atom.